The molecular formula is C23H41IN6. The Morgan fingerprint density at radius 2 is 1.70 bits per heavy atom. The first-order valence-corrected chi connectivity index (χ1v) is 11.3. The summed E-state index contributed by atoms with van der Waals surface area (Å²) in [5, 5.41) is 3.52. The van der Waals surface area contributed by atoms with E-state index in [-0.39, 0.29) is 24.0 Å². The van der Waals surface area contributed by atoms with Gasteiger partial charge in [-0.1, -0.05) is 12.1 Å². The molecule has 0 bridgehead atoms. The van der Waals surface area contributed by atoms with Crippen LogP contribution in [0, 0.1) is 13.8 Å². The lowest BCUT2D eigenvalue weighted by molar-refractivity contribution is 0.122. The number of rotatable bonds is 5. The van der Waals surface area contributed by atoms with Crippen molar-refractivity contribution >= 4 is 35.6 Å². The zero-order valence-corrected chi connectivity index (χ0v) is 21.9. The summed E-state index contributed by atoms with van der Waals surface area (Å²) in [6.07, 6.45) is 0. The molecule has 3 rings (SSSR count). The Balaban J connectivity index is 0.00000320. The first kappa shape index (κ1) is 25.2. The first-order valence-electron chi connectivity index (χ1n) is 11.3. The van der Waals surface area contributed by atoms with Crippen molar-refractivity contribution in [1.29, 1.82) is 0 Å². The topological polar surface area (TPSA) is 37.4 Å². The van der Waals surface area contributed by atoms with E-state index in [1.807, 2.05) is 0 Å². The first-order chi connectivity index (χ1) is 14.0. The highest BCUT2D eigenvalue weighted by atomic mass is 127. The van der Waals surface area contributed by atoms with Crippen LogP contribution in [0.3, 0.4) is 0 Å². The van der Waals surface area contributed by atoms with Gasteiger partial charge in [0.2, 0.25) is 0 Å². The van der Waals surface area contributed by atoms with Crippen LogP contribution in [-0.4, -0.2) is 99.2 Å². The molecule has 2 aliphatic rings. The summed E-state index contributed by atoms with van der Waals surface area (Å²) >= 11 is 0. The van der Waals surface area contributed by atoms with Crippen molar-refractivity contribution in [1.82, 2.24) is 20.0 Å². The Morgan fingerprint density at radius 1 is 1.03 bits per heavy atom. The zero-order chi connectivity index (χ0) is 20.8. The molecule has 0 radical (unpaired) electrons. The molecule has 1 atom stereocenters. The lowest BCUT2D eigenvalue weighted by atomic mass is 10.1. The fourth-order valence-electron chi connectivity index (χ4n) is 4.26. The molecular weight excluding hydrogens is 487 g/mol. The quantitative estimate of drug-likeness (QED) is 0.362. The Labute approximate surface area is 200 Å². The number of benzene rings is 1. The van der Waals surface area contributed by atoms with Crippen LogP contribution in [0.2, 0.25) is 0 Å². The lowest BCUT2D eigenvalue weighted by Gasteiger charge is -2.39. The molecule has 1 N–H and O–H groups in total. The molecule has 2 aliphatic heterocycles. The van der Waals surface area contributed by atoms with Crippen molar-refractivity contribution in [3.63, 3.8) is 0 Å². The van der Waals surface area contributed by atoms with E-state index in [0.29, 0.717) is 6.04 Å². The van der Waals surface area contributed by atoms with Gasteiger partial charge in [0.15, 0.2) is 5.96 Å². The predicted molar refractivity (Wildman–Crippen MR) is 140 cm³/mol. The molecule has 1 unspecified atom stereocenters. The molecule has 0 amide bonds. The maximum atomic E-state index is 5.02. The summed E-state index contributed by atoms with van der Waals surface area (Å²) in [5.74, 6) is 1.08. The molecule has 30 heavy (non-hydrogen) atoms. The molecule has 1 aromatic rings. The van der Waals surface area contributed by atoms with E-state index in [0.717, 1.165) is 71.4 Å². The Morgan fingerprint density at radius 3 is 2.33 bits per heavy atom. The van der Waals surface area contributed by atoms with E-state index in [1.54, 1.807) is 0 Å². The van der Waals surface area contributed by atoms with E-state index in [2.05, 4.69) is 77.9 Å². The number of nitrogens with zero attached hydrogens (tertiary/aromatic N) is 5. The summed E-state index contributed by atoms with van der Waals surface area (Å²) < 4.78 is 0. The van der Waals surface area contributed by atoms with Crippen molar-refractivity contribution < 1.29 is 0 Å². The second-order valence-corrected chi connectivity index (χ2v) is 8.58. The van der Waals surface area contributed by atoms with Crippen molar-refractivity contribution in [2.75, 3.05) is 77.4 Å². The fraction of sp³-hybridized carbons (Fsp3) is 0.696. The van der Waals surface area contributed by atoms with Gasteiger partial charge in [-0.3, -0.25) is 9.89 Å². The molecule has 2 heterocycles. The number of likely N-dealkylation sites (N-methyl/N-ethyl adjacent to an activating group) is 1. The molecule has 7 heteroatoms. The van der Waals surface area contributed by atoms with E-state index in [1.165, 1.54) is 16.8 Å². The van der Waals surface area contributed by atoms with Crippen LogP contribution in [0.15, 0.2) is 23.2 Å². The van der Waals surface area contributed by atoms with Gasteiger partial charge in [0.1, 0.15) is 0 Å². The maximum Gasteiger partial charge on any atom is 0.194 e. The van der Waals surface area contributed by atoms with Gasteiger partial charge >= 0.3 is 0 Å². The van der Waals surface area contributed by atoms with Gasteiger partial charge in [0.05, 0.1) is 6.54 Å². The van der Waals surface area contributed by atoms with Gasteiger partial charge in [-0.05, 0) is 51.9 Å². The largest absolute Gasteiger partial charge is 0.368 e. The van der Waals surface area contributed by atoms with Gasteiger partial charge in [0.25, 0.3) is 0 Å². The minimum absolute atomic E-state index is 0. The highest BCUT2D eigenvalue weighted by Crippen LogP contribution is 2.23. The number of guanidine groups is 1. The molecule has 2 fully saturated rings. The Kier molecular flexibility index (Phi) is 10.2. The fourth-order valence-corrected chi connectivity index (χ4v) is 4.26. The van der Waals surface area contributed by atoms with Crippen LogP contribution in [-0.2, 0) is 0 Å². The molecule has 0 aromatic heterocycles. The van der Waals surface area contributed by atoms with Crippen LogP contribution < -0.4 is 10.2 Å². The van der Waals surface area contributed by atoms with Crippen molar-refractivity contribution in [2.24, 2.45) is 4.99 Å². The van der Waals surface area contributed by atoms with Gasteiger partial charge in [-0.25, -0.2) is 0 Å². The number of anilines is 1. The van der Waals surface area contributed by atoms with Crippen LogP contribution in [0.1, 0.15) is 25.0 Å². The van der Waals surface area contributed by atoms with Crippen LogP contribution in [0.5, 0.6) is 0 Å². The van der Waals surface area contributed by atoms with Crippen LogP contribution in [0.25, 0.3) is 0 Å². The standard InChI is InChI=1S/C23H40N6.HI/c1-6-24-23(25-18-20(3)27-12-10-26(5)11-13-27)29-16-14-28(15-17-29)22-9-7-8-19(2)21(22)4;/h7-9,20H,6,10-18H2,1-5H3,(H,24,25);1H. The number of hydrogen-bond acceptors (Lipinski definition) is 4. The summed E-state index contributed by atoms with van der Waals surface area (Å²) in [6.45, 7) is 19.4. The number of nitrogens with one attached hydrogen (secondary N) is 1. The number of piperazine rings is 2. The Hall–Kier alpha value is -1.06. The van der Waals surface area contributed by atoms with E-state index in [4.69, 9.17) is 4.99 Å². The predicted octanol–water partition coefficient (Wildman–Crippen LogP) is 2.64. The third-order valence-electron chi connectivity index (χ3n) is 6.50. The monoisotopic (exact) mass is 528 g/mol. The summed E-state index contributed by atoms with van der Waals surface area (Å²) in [6, 6.07) is 7.13. The summed E-state index contributed by atoms with van der Waals surface area (Å²) in [4.78, 5) is 15.0. The molecule has 6 nitrogen and oxygen atoms in total. The minimum Gasteiger partial charge on any atom is -0.368 e. The van der Waals surface area contributed by atoms with E-state index >= 15 is 0 Å². The van der Waals surface area contributed by atoms with Gasteiger partial charge in [0, 0.05) is 70.6 Å². The highest BCUT2D eigenvalue weighted by Gasteiger charge is 2.22. The average molecular weight is 529 g/mol. The van der Waals surface area contributed by atoms with Crippen LogP contribution >= 0.6 is 24.0 Å². The third kappa shape index (κ3) is 6.47. The molecule has 0 saturated carbocycles. The second kappa shape index (κ2) is 12.1. The SMILES string of the molecule is CCNC(=NCC(C)N1CCN(C)CC1)N1CCN(c2cccc(C)c2C)CC1.I. The van der Waals surface area contributed by atoms with E-state index in [9.17, 15) is 0 Å². The highest BCUT2D eigenvalue weighted by molar-refractivity contribution is 14.0. The van der Waals surface area contributed by atoms with Gasteiger partial charge < -0.3 is 20.0 Å². The smallest absolute Gasteiger partial charge is 0.194 e. The average Bonchev–Trinajstić information content (AvgIpc) is 2.73. The van der Waals surface area contributed by atoms with Crippen LogP contribution in [0.4, 0.5) is 5.69 Å². The van der Waals surface area contributed by atoms with E-state index < -0.39 is 0 Å². The van der Waals surface area contributed by atoms with Crippen molar-refractivity contribution in [3.05, 3.63) is 29.3 Å². The summed E-state index contributed by atoms with van der Waals surface area (Å²) in [5.41, 5.74) is 4.16. The number of halogens is 1. The lowest BCUT2D eigenvalue weighted by Crippen LogP contribution is -2.53. The molecule has 1 aromatic carbocycles. The normalized spacial score (nSPS) is 20.1. The third-order valence-corrected chi connectivity index (χ3v) is 6.50. The zero-order valence-electron chi connectivity index (χ0n) is 19.5. The number of hydrogen-bond donors (Lipinski definition) is 1. The maximum absolute atomic E-state index is 5.02. The number of aliphatic imine (C=N–C) groups is 1. The van der Waals surface area contributed by atoms with Gasteiger partial charge in [-0.2, -0.15) is 0 Å². The van der Waals surface area contributed by atoms with Gasteiger partial charge in [-0.15, -0.1) is 24.0 Å². The summed E-state index contributed by atoms with van der Waals surface area (Å²) in [7, 11) is 2.21. The molecule has 170 valence electrons. The minimum atomic E-state index is 0. The number of aryl methyl sites for hydroxylation is 1. The molecule has 0 aliphatic carbocycles. The van der Waals surface area contributed by atoms with Crippen molar-refractivity contribution in [2.45, 2.75) is 33.7 Å². The second-order valence-electron chi connectivity index (χ2n) is 8.58. The Bertz CT molecular complexity index is 678. The molecule has 0 spiro atoms. The van der Waals surface area contributed by atoms with Crippen molar-refractivity contribution in [3.8, 4) is 0 Å². The molecule has 2 saturated heterocycles.